The lowest BCUT2D eigenvalue weighted by Crippen LogP contribution is -2.46. The van der Waals surface area contributed by atoms with Crippen LogP contribution in [-0.2, 0) is 6.54 Å². The molecule has 1 fully saturated rings. The Morgan fingerprint density at radius 1 is 1.21 bits per heavy atom. The minimum absolute atomic E-state index is 0.569. The molecule has 0 amide bonds. The number of hydrogen-bond donors (Lipinski definition) is 1. The average molecular weight is 260 g/mol. The van der Waals surface area contributed by atoms with Crippen LogP contribution in [0.15, 0.2) is 18.2 Å². The third kappa shape index (κ3) is 3.80. The molecule has 2 unspecified atom stereocenters. The molecule has 0 spiro atoms. The lowest BCUT2D eigenvalue weighted by atomic mass is 9.88. The Hall–Kier alpha value is -0.860. The number of rotatable bonds is 4. The third-order valence-corrected chi connectivity index (χ3v) is 4.46. The van der Waals surface area contributed by atoms with Crippen LogP contribution in [0.5, 0.6) is 0 Å². The van der Waals surface area contributed by atoms with Crippen molar-refractivity contribution in [3.05, 3.63) is 34.9 Å². The molecule has 1 aromatic carbocycles. The Bertz CT molecular complexity index is 393. The van der Waals surface area contributed by atoms with E-state index in [0.717, 1.165) is 19.0 Å². The van der Waals surface area contributed by atoms with Gasteiger partial charge in [-0.05, 0) is 44.7 Å². The Labute approximate surface area is 118 Å². The van der Waals surface area contributed by atoms with Gasteiger partial charge in [0.2, 0.25) is 0 Å². The topological polar surface area (TPSA) is 29.3 Å². The minimum atomic E-state index is 0.569. The minimum Gasteiger partial charge on any atom is -0.329 e. The van der Waals surface area contributed by atoms with Crippen molar-refractivity contribution in [1.82, 2.24) is 4.90 Å². The van der Waals surface area contributed by atoms with Gasteiger partial charge in [0.15, 0.2) is 0 Å². The summed E-state index contributed by atoms with van der Waals surface area (Å²) < 4.78 is 0. The molecule has 1 aliphatic rings. The van der Waals surface area contributed by atoms with Crippen molar-refractivity contribution in [2.24, 2.45) is 11.7 Å². The normalized spacial score (nSPS) is 24.6. The van der Waals surface area contributed by atoms with Crippen LogP contribution in [0.2, 0.25) is 0 Å². The molecule has 1 saturated heterocycles. The SMILES string of the molecule is CCC1CCN(Cc2cc(C)cc(C)c2)C(CN)C1. The smallest absolute Gasteiger partial charge is 0.0237 e. The summed E-state index contributed by atoms with van der Waals surface area (Å²) in [7, 11) is 0. The molecule has 2 atom stereocenters. The monoisotopic (exact) mass is 260 g/mol. The van der Waals surface area contributed by atoms with Gasteiger partial charge in [0.05, 0.1) is 0 Å². The van der Waals surface area contributed by atoms with E-state index in [1.54, 1.807) is 0 Å². The Balaban J connectivity index is 2.05. The zero-order valence-electron chi connectivity index (χ0n) is 12.7. The molecule has 1 aliphatic heterocycles. The van der Waals surface area contributed by atoms with E-state index < -0.39 is 0 Å². The number of nitrogens with zero attached hydrogens (tertiary/aromatic N) is 1. The Kier molecular flexibility index (Phi) is 5.00. The number of piperidine rings is 1. The van der Waals surface area contributed by atoms with E-state index in [2.05, 4.69) is 43.9 Å². The van der Waals surface area contributed by atoms with Crippen molar-refractivity contribution >= 4 is 0 Å². The first-order chi connectivity index (χ1) is 9.12. The molecule has 1 aromatic rings. The molecule has 2 N–H and O–H groups in total. The van der Waals surface area contributed by atoms with E-state index in [0.29, 0.717) is 6.04 Å². The van der Waals surface area contributed by atoms with Gasteiger partial charge in [-0.2, -0.15) is 0 Å². The number of hydrogen-bond acceptors (Lipinski definition) is 2. The summed E-state index contributed by atoms with van der Waals surface area (Å²) >= 11 is 0. The van der Waals surface area contributed by atoms with Gasteiger partial charge in [-0.25, -0.2) is 0 Å². The van der Waals surface area contributed by atoms with Crippen molar-refractivity contribution in [2.45, 2.75) is 52.6 Å². The van der Waals surface area contributed by atoms with Crippen molar-refractivity contribution in [2.75, 3.05) is 13.1 Å². The molecule has 0 saturated carbocycles. The zero-order chi connectivity index (χ0) is 13.8. The summed E-state index contributed by atoms with van der Waals surface area (Å²) in [5.41, 5.74) is 10.1. The molecule has 2 rings (SSSR count). The van der Waals surface area contributed by atoms with Crippen molar-refractivity contribution in [3.8, 4) is 0 Å². The van der Waals surface area contributed by atoms with Crippen LogP contribution in [0.25, 0.3) is 0 Å². The molecular weight excluding hydrogens is 232 g/mol. The van der Waals surface area contributed by atoms with Gasteiger partial charge in [0, 0.05) is 19.1 Å². The maximum Gasteiger partial charge on any atom is 0.0237 e. The summed E-state index contributed by atoms with van der Waals surface area (Å²) in [6, 6.07) is 7.44. The van der Waals surface area contributed by atoms with Crippen molar-refractivity contribution in [1.29, 1.82) is 0 Å². The van der Waals surface area contributed by atoms with Crippen LogP contribution in [0.1, 0.15) is 42.9 Å². The third-order valence-electron chi connectivity index (χ3n) is 4.46. The van der Waals surface area contributed by atoms with Gasteiger partial charge >= 0.3 is 0 Å². The van der Waals surface area contributed by atoms with Gasteiger partial charge in [0.1, 0.15) is 0 Å². The number of benzene rings is 1. The Morgan fingerprint density at radius 3 is 2.47 bits per heavy atom. The van der Waals surface area contributed by atoms with Crippen LogP contribution in [-0.4, -0.2) is 24.0 Å². The first-order valence-corrected chi connectivity index (χ1v) is 7.63. The molecular formula is C17H28N2. The summed E-state index contributed by atoms with van der Waals surface area (Å²) in [6.45, 7) is 9.72. The van der Waals surface area contributed by atoms with Gasteiger partial charge in [-0.1, -0.05) is 42.7 Å². The van der Waals surface area contributed by atoms with Gasteiger partial charge in [-0.3, -0.25) is 4.90 Å². The summed E-state index contributed by atoms with van der Waals surface area (Å²) in [6.07, 6.45) is 3.91. The number of nitrogens with two attached hydrogens (primary N) is 1. The molecule has 0 radical (unpaired) electrons. The highest BCUT2D eigenvalue weighted by Gasteiger charge is 2.26. The van der Waals surface area contributed by atoms with E-state index in [1.165, 1.54) is 42.5 Å². The largest absolute Gasteiger partial charge is 0.329 e. The first-order valence-electron chi connectivity index (χ1n) is 7.63. The van der Waals surface area contributed by atoms with E-state index in [9.17, 15) is 0 Å². The molecule has 1 heterocycles. The van der Waals surface area contributed by atoms with Crippen LogP contribution >= 0.6 is 0 Å². The molecule has 0 bridgehead atoms. The molecule has 2 nitrogen and oxygen atoms in total. The second-order valence-electron chi connectivity index (χ2n) is 6.15. The molecule has 0 aliphatic carbocycles. The molecule has 2 heteroatoms. The maximum atomic E-state index is 5.98. The molecule has 106 valence electrons. The lowest BCUT2D eigenvalue weighted by Gasteiger charge is -2.39. The highest BCUT2D eigenvalue weighted by Crippen LogP contribution is 2.26. The standard InChI is InChI=1S/C17H28N2/c1-4-15-5-6-19(17(10-15)11-18)12-16-8-13(2)7-14(3)9-16/h7-9,15,17H,4-6,10-12,18H2,1-3H3. The lowest BCUT2D eigenvalue weighted by molar-refractivity contribution is 0.107. The summed E-state index contributed by atoms with van der Waals surface area (Å²) in [5, 5.41) is 0. The van der Waals surface area contributed by atoms with E-state index in [1.807, 2.05) is 0 Å². The highest BCUT2D eigenvalue weighted by molar-refractivity contribution is 5.28. The highest BCUT2D eigenvalue weighted by atomic mass is 15.2. The summed E-state index contributed by atoms with van der Waals surface area (Å²) in [5.74, 6) is 0.879. The van der Waals surface area contributed by atoms with Crippen molar-refractivity contribution in [3.63, 3.8) is 0 Å². The Morgan fingerprint density at radius 2 is 1.89 bits per heavy atom. The fourth-order valence-corrected chi connectivity index (χ4v) is 3.40. The second kappa shape index (κ2) is 6.53. The maximum absolute atomic E-state index is 5.98. The van der Waals surface area contributed by atoms with Crippen LogP contribution in [0.3, 0.4) is 0 Å². The predicted molar refractivity (Wildman–Crippen MR) is 82.2 cm³/mol. The van der Waals surface area contributed by atoms with E-state index >= 15 is 0 Å². The summed E-state index contributed by atoms with van der Waals surface area (Å²) in [4.78, 5) is 2.58. The van der Waals surface area contributed by atoms with Crippen LogP contribution < -0.4 is 5.73 Å². The quantitative estimate of drug-likeness (QED) is 0.900. The fourth-order valence-electron chi connectivity index (χ4n) is 3.40. The zero-order valence-corrected chi connectivity index (χ0v) is 12.7. The van der Waals surface area contributed by atoms with Gasteiger partial charge in [0.25, 0.3) is 0 Å². The van der Waals surface area contributed by atoms with Crippen LogP contribution in [0, 0.1) is 19.8 Å². The van der Waals surface area contributed by atoms with Gasteiger partial charge in [-0.15, -0.1) is 0 Å². The average Bonchev–Trinajstić information content (AvgIpc) is 2.38. The molecule has 0 aromatic heterocycles. The van der Waals surface area contributed by atoms with Crippen LogP contribution in [0.4, 0.5) is 0 Å². The van der Waals surface area contributed by atoms with E-state index in [-0.39, 0.29) is 0 Å². The second-order valence-corrected chi connectivity index (χ2v) is 6.15. The molecule has 19 heavy (non-hydrogen) atoms. The predicted octanol–water partition coefficient (Wildman–Crippen LogP) is 3.25. The van der Waals surface area contributed by atoms with E-state index in [4.69, 9.17) is 5.73 Å². The van der Waals surface area contributed by atoms with Crippen molar-refractivity contribution < 1.29 is 0 Å². The fraction of sp³-hybridized carbons (Fsp3) is 0.647. The number of likely N-dealkylation sites (tertiary alicyclic amines) is 1. The van der Waals surface area contributed by atoms with Gasteiger partial charge < -0.3 is 5.73 Å². The number of aryl methyl sites for hydroxylation is 2. The first kappa shape index (κ1) is 14.5.